The number of carbonyl (C=O) groups excluding carboxylic acids is 1. The van der Waals surface area contributed by atoms with Gasteiger partial charge in [0, 0.05) is 11.8 Å². The van der Waals surface area contributed by atoms with Crippen molar-refractivity contribution in [2.24, 2.45) is 11.8 Å². The molecule has 1 aromatic rings. The van der Waals surface area contributed by atoms with E-state index in [0.717, 1.165) is 0 Å². The third kappa shape index (κ3) is 2.04. The van der Waals surface area contributed by atoms with Gasteiger partial charge in [-0.05, 0) is 12.1 Å². The summed E-state index contributed by atoms with van der Waals surface area (Å²) in [6.45, 7) is 0. The van der Waals surface area contributed by atoms with Crippen molar-refractivity contribution in [3.63, 3.8) is 0 Å². The Morgan fingerprint density at radius 2 is 1.85 bits per heavy atom. The molecule has 3 rings (SSSR count). The Hall–Kier alpha value is -2.34. The molecular formula is C14H13NO5. The Kier molecular flexibility index (Phi) is 2.94. The summed E-state index contributed by atoms with van der Waals surface area (Å²) in [5.41, 5.74) is 0.422. The smallest absolute Gasteiger partial charge is 0.310 e. The van der Waals surface area contributed by atoms with Crippen molar-refractivity contribution in [2.75, 3.05) is 5.32 Å². The lowest BCUT2D eigenvalue weighted by atomic mass is 9.82. The molecule has 2 aliphatic heterocycles. The van der Waals surface area contributed by atoms with E-state index in [4.69, 9.17) is 4.74 Å². The predicted octanol–water partition coefficient (Wildman–Crippen LogP) is 0.985. The molecule has 1 amide bonds. The van der Waals surface area contributed by atoms with Gasteiger partial charge in [0.05, 0.1) is 18.1 Å². The Morgan fingerprint density at radius 3 is 2.50 bits per heavy atom. The van der Waals surface area contributed by atoms with E-state index in [1.165, 1.54) is 12.1 Å². The topological polar surface area (TPSA) is 95.9 Å². The van der Waals surface area contributed by atoms with E-state index in [1.54, 1.807) is 24.3 Å². The minimum atomic E-state index is -1.04. The summed E-state index contributed by atoms with van der Waals surface area (Å²) < 4.78 is 5.44. The highest BCUT2D eigenvalue weighted by Crippen LogP contribution is 2.39. The number of hydrogen-bond donors (Lipinski definition) is 3. The number of phenolic OH excluding ortho intramolecular Hbond substituents is 1. The number of aromatic hydroxyl groups is 1. The fourth-order valence-electron chi connectivity index (χ4n) is 2.72. The van der Waals surface area contributed by atoms with Crippen molar-refractivity contribution < 1.29 is 24.5 Å². The molecule has 20 heavy (non-hydrogen) atoms. The van der Waals surface area contributed by atoms with Crippen LogP contribution in [0.2, 0.25) is 0 Å². The molecular weight excluding hydrogens is 262 g/mol. The number of amides is 1. The second-order valence-corrected chi connectivity index (χ2v) is 4.88. The first-order valence-corrected chi connectivity index (χ1v) is 6.23. The van der Waals surface area contributed by atoms with Gasteiger partial charge in [0.25, 0.3) is 0 Å². The highest BCUT2D eigenvalue weighted by molar-refractivity contribution is 5.96. The van der Waals surface area contributed by atoms with Gasteiger partial charge in [-0.2, -0.15) is 0 Å². The van der Waals surface area contributed by atoms with E-state index in [-0.39, 0.29) is 5.75 Å². The fraction of sp³-hybridized carbons (Fsp3) is 0.286. The monoisotopic (exact) mass is 275 g/mol. The van der Waals surface area contributed by atoms with Crippen LogP contribution in [0.4, 0.5) is 5.69 Å². The van der Waals surface area contributed by atoms with Gasteiger partial charge in [0.2, 0.25) is 5.91 Å². The molecule has 2 bridgehead atoms. The summed E-state index contributed by atoms with van der Waals surface area (Å²) in [6.07, 6.45) is 2.36. The Bertz CT molecular complexity index is 597. The lowest BCUT2D eigenvalue weighted by Gasteiger charge is -2.21. The molecule has 4 atom stereocenters. The number of anilines is 1. The zero-order valence-corrected chi connectivity index (χ0v) is 10.4. The Labute approximate surface area is 114 Å². The first-order chi connectivity index (χ1) is 9.56. The third-order valence-corrected chi connectivity index (χ3v) is 3.60. The zero-order chi connectivity index (χ0) is 14.3. The van der Waals surface area contributed by atoms with Crippen molar-refractivity contribution in [3.05, 3.63) is 36.4 Å². The van der Waals surface area contributed by atoms with E-state index in [9.17, 15) is 19.8 Å². The second kappa shape index (κ2) is 4.64. The molecule has 2 heterocycles. The normalized spacial score (nSPS) is 30.4. The fourth-order valence-corrected chi connectivity index (χ4v) is 2.72. The van der Waals surface area contributed by atoms with E-state index in [0.29, 0.717) is 5.69 Å². The van der Waals surface area contributed by atoms with Crippen LogP contribution < -0.4 is 5.32 Å². The summed E-state index contributed by atoms with van der Waals surface area (Å²) in [4.78, 5) is 23.5. The predicted molar refractivity (Wildman–Crippen MR) is 69.2 cm³/mol. The summed E-state index contributed by atoms with van der Waals surface area (Å²) in [5.74, 6) is -3.06. The maximum absolute atomic E-state index is 12.3. The molecule has 6 heteroatoms. The number of carboxylic acids is 1. The molecule has 6 nitrogen and oxygen atoms in total. The number of hydrogen-bond acceptors (Lipinski definition) is 4. The van der Waals surface area contributed by atoms with Crippen LogP contribution in [0.15, 0.2) is 36.4 Å². The summed E-state index contributed by atoms with van der Waals surface area (Å²) in [7, 11) is 0. The van der Waals surface area contributed by atoms with Crippen LogP contribution >= 0.6 is 0 Å². The molecule has 1 fully saturated rings. The number of phenols is 1. The second-order valence-electron chi connectivity index (χ2n) is 4.88. The van der Waals surface area contributed by atoms with Gasteiger partial charge >= 0.3 is 5.97 Å². The van der Waals surface area contributed by atoms with E-state index >= 15 is 0 Å². The highest BCUT2D eigenvalue weighted by atomic mass is 16.5. The SMILES string of the molecule is O=C(O)[C@H]1[C@H](C(=O)Nc2cccc(O)c2)[C@H]2C=C[C@H]1O2. The first-order valence-electron chi connectivity index (χ1n) is 6.23. The number of benzene rings is 1. The maximum atomic E-state index is 12.3. The number of ether oxygens (including phenoxy) is 1. The molecule has 0 unspecified atom stereocenters. The molecule has 0 spiro atoms. The van der Waals surface area contributed by atoms with E-state index < -0.39 is 35.9 Å². The average Bonchev–Trinajstić information content (AvgIpc) is 2.98. The number of carbonyl (C=O) groups is 2. The van der Waals surface area contributed by atoms with Crippen LogP contribution in [0.25, 0.3) is 0 Å². The quantitative estimate of drug-likeness (QED) is 0.715. The lowest BCUT2D eigenvalue weighted by Crippen LogP contribution is -2.39. The van der Waals surface area contributed by atoms with Crippen LogP contribution in [-0.2, 0) is 14.3 Å². The van der Waals surface area contributed by atoms with Crippen LogP contribution in [-0.4, -0.2) is 34.3 Å². The molecule has 2 aliphatic rings. The van der Waals surface area contributed by atoms with Crippen molar-refractivity contribution in [1.82, 2.24) is 0 Å². The molecule has 1 aromatic carbocycles. The van der Waals surface area contributed by atoms with Crippen LogP contribution in [0.1, 0.15) is 0 Å². The van der Waals surface area contributed by atoms with Crippen LogP contribution in [0, 0.1) is 11.8 Å². The molecule has 104 valence electrons. The Morgan fingerprint density at radius 1 is 1.15 bits per heavy atom. The minimum Gasteiger partial charge on any atom is -0.508 e. The van der Waals surface area contributed by atoms with Crippen LogP contribution in [0.3, 0.4) is 0 Å². The van der Waals surface area contributed by atoms with Crippen molar-refractivity contribution in [2.45, 2.75) is 12.2 Å². The largest absolute Gasteiger partial charge is 0.508 e. The summed E-state index contributed by atoms with van der Waals surface area (Å²) in [5, 5.41) is 21.2. The number of aliphatic carboxylic acids is 1. The van der Waals surface area contributed by atoms with E-state index in [1.807, 2.05) is 0 Å². The average molecular weight is 275 g/mol. The highest BCUT2D eigenvalue weighted by Gasteiger charge is 2.53. The van der Waals surface area contributed by atoms with Crippen LogP contribution in [0.5, 0.6) is 5.75 Å². The first kappa shape index (κ1) is 12.7. The van der Waals surface area contributed by atoms with Crippen molar-refractivity contribution in [3.8, 4) is 5.75 Å². The van der Waals surface area contributed by atoms with Crippen molar-refractivity contribution >= 4 is 17.6 Å². The van der Waals surface area contributed by atoms with Gasteiger partial charge in [-0.3, -0.25) is 9.59 Å². The van der Waals surface area contributed by atoms with Gasteiger partial charge in [0.15, 0.2) is 0 Å². The number of carboxylic acid groups (broad SMARTS) is 1. The number of nitrogens with one attached hydrogen (secondary N) is 1. The van der Waals surface area contributed by atoms with Gasteiger partial charge in [-0.1, -0.05) is 18.2 Å². The van der Waals surface area contributed by atoms with E-state index in [2.05, 4.69) is 5.32 Å². The Balaban J connectivity index is 1.80. The van der Waals surface area contributed by atoms with Gasteiger partial charge < -0.3 is 20.3 Å². The van der Waals surface area contributed by atoms with Crippen molar-refractivity contribution in [1.29, 1.82) is 0 Å². The third-order valence-electron chi connectivity index (χ3n) is 3.60. The zero-order valence-electron chi connectivity index (χ0n) is 10.4. The molecule has 0 aromatic heterocycles. The lowest BCUT2D eigenvalue weighted by molar-refractivity contribution is -0.145. The molecule has 1 saturated heterocycles. The summed E-state index contributed by atoms with van der Waals surface area (Å²) in [6, 6.07) is 6.10. The molecule has 3 N–H and O–H groups in total. The summed E-state index contributed by atoms with van der Waals surface area (Å²) >= 11 is 0. The van der Waals surface area contributed by atoms with Gasteiger partial charge in [0.1, 0.15) is 11.7 Å². The van der Waals surface area contributed by atoms with Gasteiger partial charge in [-0.15, -0.1) is 0 Å². The number of fused-ring (bicyclic) bond motifs is 2. The molecule has 0 aliphatic carbocycles. The molecule has 0 saturated carbocycles. The minimum absolute atomic E-state index is 0.0293. The standard InChI is InChI=1S/C14H13NO5/c16-8-3-1-2-7(6-8)15-13(17)11-9-4-5-10(20-9)12(11)14(18)19/h1-6,9-12,16H,(H,15,17)(H,18,19)/t9-,10-,11-,12-/m1/s1. The molecule has 0 radical (unpaired) electrons. The number of rotatable bonds is 3. The van der Waals surface area contributed by atoms with Gasteiger partial charge in [-0.25, -0.2) is 0 Å². The maximum Gasteiger partial charge on any atom is 0.310 e.